The second kappa shape index (κ2) is 8.85. The number of nitrogens with zero attached hydrogens (tertiary/aromatic N) is 5. The number of nitriles is 1. The van der Waals surface area contributed by atoms with E-state index in [0.717, 1.165) is 5.56 Å². The zero-order valence-corrected chi connectivity index (χ0v) is 16.3. The van der Waals surface area contributed by atoms with Crippen molar-refractivity contribution in [2.75, 3.05) is 26.8 Å². The van der Waals surface area contributed by atoms with Crippen molar-refractivity contribution in [3.8, 4) is 6.07 Å². The van der Waals surface area contributed by atoms with Gasteiger partial charge in [0.1, 0.15) is 6.33 Å². The Balaban J connectivity index is 1.60. The van der Waals surface area contributed by atoms with E-state index in [1.165, 1.54) is 0 Å². The van der Waals surface area contributed by atoms with Gasteiger partial charge in [-0.15, -0.1) is 10.2 Å². The molecule has 1 saturated heterocycles. The van der Waals surface area contributed by atoms with Crippen LogP contribution in [0.5, 0.6) is 0 Å². The van der Waals surface area contributed by atoms with E-state index in [9.17, 15) is 10.1 Å². The Morgan fingerprint density at radius 2 is 2.07 bits per heavy atom. The van der Waals surface area contributed by atoms with E-state index in [-0.39, 0.29) is 12.1 Å². The Hall–Kier alpha value is -2.92. The zero-order valence-electron chi connectivity index (χ0n) is 16.3. The molecular formula is C20H26N6O2. The molecule has 28 heavy (non-hydrogen) atoms. The average Bonchev–Trinajstić information content (AvgIpc) is 3.21. The molecule has 1 aliphatic rings. The Morgan fingerprint density at radius 3 is 2.71 bits per heavy atom. The number of methoxy groups -OCH3 is 1. The van der Waals surface area contributed by atoms with E-state index in [1.54, 1.807) is 18.3 Å². The molecule has 0 unspecified atom stereocenters. The summed E-state index contributed by atoms with van der Waals surface area (Å²) in [6.45, 7) is 4.14. The summed E-state index contributed by atoms with van der Waals surface area (Å²) in [5, 5.41) is 20.8. The Bertz CT molecular complexity index is 821. The minimum absolute atomic E-state index is 0.145. The number of carbonyl (C=O) groups excluding carboxylic acids is 1. The summed E-state index contributed by atoms with van der Waals surface area (Å²) in [5.74, 6) is 0.693. The van der Waals surface area contributed by atoms with E-state index in [1.807, 2.05) is 41.8 Å². The molecule has 0 radical (unpaired) electrons. The van der Waals surface area contributed by atoms with E-state index < -0.39 is 5.41 Å². The van der Waals surface area contributed by atoms with Crippen LogP contribution in [-0.4, -0.2) is 52.5 Å². The third-order valence-electron chi connectivity index (χ3n) is 5.35. The molecule has 0 bridgehead atoms. The summed E-state index contributed by atoms with van der Waals surface area (Å²) in [5.41, 5.74) is 0.501. The molecule has 0 aliphatic carbocycles. The van der Waals surface area contributed by atoms with Crippen molar-refractivity contribution in [3.63, 3.8) is 0 Å². The van der Waals surface area contributed by atoms with Crippen LogP contribution in [0, 0.1) is 11.3 Å². The van der Waals surface area contributed by atoms with Gasteiger partial charge in [-0.05, 0) is 25.3 Å². The van der Waals surface area contributed by atoms with Crippen LogP contribution >= 0.6 is 0 Å². The van der Waals surface area contributed by atoms with Gasteiger partial charge in [0.15, 0.2) is 5.82 Å². The molecule has 2 aromatic rings. The maximum atomic E-state index is 12.7. The predicted molar refractivity (Wildman–Crippen MR) is 103 cm³/mol. The van der Waals surface area contributed by atoms with Crippen LogP contribution in [0.15, 0.2) is 36.7 Å². The number of piperidine rings is 1. The highest BCUT2D eigenvalue weighted by molar-refractivity contribution is 5.74. The first-order valence-corrected chi connectivity index (χ1v) is 9.48. The molecule has 1 aliphatic heterocycles. The Kier molecular flexibility index (Phi) is 6.26. The Labute approximate surface area is 165 Å². The molecule has 1 N–H and O–H groups in total. The van der Waals surface area contributed by atoms with Gasteiger partial charge in [-0.1, -0.05) is 30.3 Å². The van der Waals surface area contributed by atoms with Crippen molar-refractivity contribution in [1.29, 1.82) is 5.26 Å². The van der Waals surface area contributed by atoms with Crippen LogP contribution in [0.3, 0.4) is 0 Å². The molecule has 8 heteroatoms. The Morgan fingerprint density at radius 1 is 1.36 bits per heavy atom. The molecule has 1 fully saturated rings. The van der Waals surface area contributed by atoms with Crippen molar-refractivity contribution >= 4 is 6.03 Å². The average molecular weight is 382 g/mol. The lowest BCUT2D eigenvalue weighted by Gasteiger charge is -2.38. The lowest BCUT2D eigenvalue weighted by atomic mass is 9.74. The number of urea groups is 1. The van der Waals surface area contributed by atoms with Crippen molar-refractivity contribution in [1.82, 2.24) is 25.0 Å². The van der Waals surface area contributed by atoms with E-state index in [0.29, 0.717) is 44.9 Å². The molecule has 2 heterocycles. The smallest absolute Gasteiger partial charge is 0.317 e. The number of hydrogen-bond acceptors (Lipinski definition) is 5. The number of hydrogen-bond donors (Lipinski definition) is 1. The third-order valence-corrected chi connectivity index (χ3v) is 5.35. The number of ether oxygens (including phenoxy) is 1. The highest BCUT2D eigenvalue weighted by Crippen LogP contribution is 2.34. The number of amides is 2. The lowest BCUT2D eigenvalue weighted by molar-refractivity contribution is 0.167. The van der Waals surface area contributed by atoms with Crippen LogP contribution in [0.25, 0.3) is 0 Å². The van der Waals surface area contributed by atoms with Gasteiger partial charge in [-0.25, -0.2) is 4.79 Å². The molecule has 2 amide bonds. The van der Waals surface area contributed by atoms with Crippen LogP contribution in [-0.2, 0) is 16.7 Å². The summed E-state index contributed by atoms with van der Waals surface area (Å²) in [7, 11) is 1.64. The maximum absolute atomic E-state index is 12.7. The van der Waals surface area contributed by atoms with E-state index in [4.69, 9.17) is 4.74 Å². The molecule has 0 spiro atoms. The highest BCUT2D eigenvalue weighted by atomic mass is 16.5. The van der Waals surface area contributed by atoms with E-state index >= 15 is 0 Å². The van der Waals surface area contributed by atoms with Gasteiger partial charge < -0.3 is 19.5 Å². The summed E-state index contributed by atoms with van der Waals surface area (Å²) >= 11 is 0. The minimum atomic E-state index is -0.524. The zero-order chi connectivity index (χ0) is 20.0. The summed E-state index contributed by atoms with van der Waals surface area (Å²) in [6.07, 6.45) is 2.89. The minimum Gasteiger partial charge on any atom is -0.383 e. The van der Waals surface area contributed by atoms with Crippen LogP contribution in [0.1, 0.15) is 37.2 Å². The molecule has 0 saturated carbocycles. The largest absolute Gasteiger partial charge is 0.383 e. The highest BCUT2D eigenvalue weighted by Gasteiger charge is 2.37. The van der Waals surface area contributed by atoms with Gasteiger partial charge in [0.05, 0.1) is 24.1 Å². The first-order valence-electron chi connectivity index (χ1n) is 9.48. The molecule has 1 aromatic carbocycles. The summed E-state index contributed by atoms with van der Waals surface area (Å²) < 4.78 is 6.97. The predicted octanol–water partition coefficient (Wildman–Crippen LogP) is 2.25. The maximum Gasteiger partial charge on any atom is 0.317 e. The monoisotopic (exact) mass is 382 g/mol. The van der Waals surface area contributed by atoms with Gasteiger partial charge >= 0.3 is 6.03 Å². The fourth-order valence-electron chi connectivity index (χ4n) is 3.62. The van der Waals surface area contributed by atoms with Crippen LogP contribution in [0.4, 0.5) is 4.79 Å². The van der Waals surface area contributed by atoms with Crippen LogP contribution < -0.4 is 5.32 Å². The lowest BCUT2D eigenvalue weighted by Crippen LogP contribution is -2.49. The second-order valence-corrected chi connectivity index (χ2v) is 7.09. The molecule has 1 aromatic heterocycles. The van der Waals surface area contributed by atoms with Gasteiger partial charge in [0.25, 0.3) is 0 Å². The van der Waals surface area contributed by atoms with Crippen molar-refractivity contribution in [2.24, 2.45) is 0 Å². The van der Waals surface area contributed by atoms with Gasteiger partial charge in [0.2, 0.25) is 0 Å². The molecular weight excluding hydrogens is 356 g/mol. The SMILES string of the molecule is COCCn1cnnc1[C@H](C)NC(=O)N1CCC(C#N)(c2ccccc2)CC1. The van der Waals surface area contributed by atoms with Gasteiger partial charge in [0, 0.05) is 26.7 Å². The normalized spacial score (nSPS) is 17.0. The van der Waals surface area contributed by atoms with Gasteiger partial charge in [-0.2, -0.15) is 5.26 Å². The number of rotatable bonds is 6. The van der Waals surface area contributed by atoms with Crippen molar-refractivity contribution in [2.45, 2.75) is 37.8 Å². The topological polar surface area (TPSA) is 96.1 Å². The number of nitrogens with one attached hydrogen (secondary N) is 1. The number of aromatic nitrogens is 3. The quantitative estimate of drug-likeness (QED) is 0.827. The number of carbonyl (C=O) groups is 1. The second-order valence-electron chi connectivity index (χ2n) is 7.09. The van der Waals surface area contributed by atoms with Crippen LogP contribution in [0.2, 0.25) is 0 Å². The molecule has 8 nitrogen and oxygen atoms in total. The molecule has 1 atom stereocenters. The summed E-state index contributed by atoms with van der Waals surface area (Å²) in [6, 6.07) is 11.9. The summed E-state index contributed by atoms with van der Waals surface area (Å²) in [4.78, 5) is 14.5. The fourth-order valence-corrected chi connectivity index (χ4v) is 3.62. The van der Waals surface area contributed by atoms with E-state index in [2.05, 4.69) is 21.6 Å². The van der Waals surface area contributed by atoms with Gasteiger partial charge in [-0.3, -0.25) is 0 Å². The molecule has 148 valence electrons. The first kappa shape index (κ1) is 19.8. The fraction of sp³-hybridized carbons (Fsp3) is 0.500. The third kappa shape index (κ3) is 4.15. The number of benzene rings is 1. The van der Waals surface area contributed by atoms with Crippen molar-refractivity contribution < 1.29 is 9.53 Å². The standard InChI is InChI=1S/C20H26N6O2/c1-16(18-24-22-15-26(18)12-13-28-2)23-19(27)25-10-8-20(14-21,9-11-25)17-6-4-3-5-7-17/h3-7,15-16H,8-13H2,1-2H3,(H,23,27)/t16-/m0/s1. The molecule has 3 rings (SSSR count). The number of likely N-dealkylation sites (tertiary alicyclic amines) is 1. The van der Waals surface area contributed by atoms with Crippen molar-refractivity contribution in [3.05, 3.63) is 48.0 Å². The first-order chi connectivity index (χ1) is 13.6.